The summed E-state index contributed by atoms with van der Waals surface area (Å²) in [7, 11) is 0. The summed E-state index contributed by atoms with van der Waals surface area (Å²) < 4.78 is 0. The molecule has 1 heterocycles. The van der Waals surface area contributed by atoms with Crippen LogP contribution in [0.2, 0.25) is 0 Å². The van der Waals surface area contributed by atoms with E-state index in [0.29, 0.717) is 28.0 Å². The zero-order chi connectivity index (χ0) is 20.4. The van der Waals surface area contributed by atoms with Crippen molar-refractivity contribution in [3.8, 4) is 0 Å². The first-order valence-electron chi connectivity index (χ1n) is 11.0. The van der Waals surface area contributed by atoms with E-state index < -0.39 is 0 Å². The number of hydrogen-bond donors (Lipinski definition) is 1. The number of carbonyl (C=O) groups excluding carboxylic acids is 1. The second-order valence-electron chi connectivity index (χ2n) is 11.0. The number of hydrogen-bond acceptors (Lipinski definition) is 4. The monoisotopic (exact) mass is 397 g/mol. The summed E-state index contributed by atoms with van der Waals surface area (Å²) in [6.45, 7) is 6.45. The van der Waals surface area contributed by atoms with Gasteiger partial charge in [-0.3, -0.25) is 14.9 Å². The van der Waals surface area contributed by atoms with Gasteiger partial charge in [-0.1, -0.05) is 13.8 Å². The number of nitrogens with one attached hydrogen (secondary N) is 1. The van der Waals surface area contributed by atoms with Gasteiger partial charge in [-0.2, -0.15) is 0 Å². The third-order valence-corrected chi connectivity index (χ3v) is 7.89. The molecule has 4 saturated carbocycles. The van der Waals surface area contributed by atoms with Gasteiger partial charge in [-0.15, -0.1) is 0 Å². The van der Waals surface area contributed by atoms with Gasteiger partial charge in [-0.25, -0.2) is 0 Å². The van der Waals surface area contributed by atoms with Crippen LogP contribution in [0.5, 0.6) is 0 Å². The minimum Gasteiger partial charge on any atom is -0.366 e. The molecule has 1 N–H and O–H groups in total. The van der Waals surface area contributed by atoms with Crippen molar-refractivity contribution in [2.45, 2.75) is 70.8 Å². The number of nitro groups is 1. The quantitative estimate of drug-likeness (QED) is 0.591. The molecule has 156 valence electrons. The highest BCUT2D eigenvalue weighted by atomic mass is 16.6. The summed E-state index contributed by atoms with van der Waals surface area (Å²) in [6.07, 6.45) is 9.03. The Morgan fingerprint density at radius 1 is 1.10 bits per heavy atom. The lowest BCUT2D eigenvalue weighted by Crippen LogP contribution is -2.65. The largest absolute Gasteiger partial charge is 0.366 e. The van der Waals surface area contributed by atoms with Crippen LogP contribution in [0.15, 0.2) is 18.2 Å². The maximum atomic E-state index is 13.2. The second kappa shape index (κ2) is 6.19. The highest BCUT2D eigenvalue weighted by Crippen LogP contribution is 2.66. The third-order valence-electron chi connectivity index (χ3n) is 7.89. The average Bonchev–Trinajstić information content (AvgIpc) is 3.11. The number of anilines is 1. The Labute approximate surface area is 172 Å². The van der Waals surface area contributed by atoms with Crippen LogP contribution in [-0.2, 0) is 0 Å². The van der Waals surface area contributed by atoms with E-state index in [4.69, 9.17) is 0 Å². The van der Waals surface area contributed by atoms with E-state index in [1.165, 1.54) is 25.3 Å². The molecule has 5 fully saturated rings. The molecule has 1 amide bonds. The molecule has 1 aliphatic heterocycles. The van der Waals surface area contributed by atoms with Gasteiger partial charge >= 0.3 is 0 Å². The minimum absolute atomic E-state index is 0.0454. The van der Waals surface area contributed by atoms with E-state index in [9.17, 15) is 14.9 Å². The lowest BCUT2D eigenvalue weighted by atomic mass is 9.43. The molecule has 6 heteroatoms. The molecule has 1 aromatic rings. The van der Waals surface area contributed by atoms with Crippen molar-refractivity contribution >= 4 is 17.3 Å². The Morgan fingerprint density at radius 3 is 2.34 bits per heavy atom. The molecule has 4 bridgehead atoms. The van der Waals surface area contributed by atoms with E-state index in [0.717, 1.165) is 45.2 Å². The first kappa shape index (κ1) is 18.9. The predicted molar refractivity (Wildman–Crippen MR) is 112 cm³/mol. The first-order chi connectivity index (χ1) is 13.7. The summed E-state index contributed by atoms with van der Waals surface area (Å²) in [5.41, 5.74) is 1.57. The lowest BCUT2D eigenvalue weighted by molar-refractivity contribution is -0.384. The zero-order valence-electron chi connectivity index (χ0n) is 17.5. The molecule has 0 aromatic heterocycles. The van der Waals surface area contributed by atoms with E-state index in [-0.39, 0.29) is 22.1 Å². The van der Waals surface area contributed by atoms with Crippen LogP contribution in [0.25, 0.3) is 0 Å². The van der Waals surface area contributed by atoms with E-state index in [1.54, 1.807) is 12.1 Å². The second-order valence-corrected chi connectivity index (χ2v) is 11.0. The van der Waals surface area contributed by atoms with Crippen molar-refractivity contribution in [2.24, 2.45) is 16.7 Å². The number of benzene rings is 1. The molecule has 6 nitrogen and oxygen atoms in total. The Kier molecular flexibility index (Phi) is 4.03. The Balaban J connectivity index is 1.41. The smallest absolute Gasteiger partial charge is 0.293 e. The van der Waals surface area contributed by atoms with Crippen LogP contribution in [0.4, 0.5) is 11.4 Å². The highest BCUT2D eigenvalue weighted by molar-refractivity contribution is 5.96. The van der Waals surface area contributed by atoms with Crippen LogP contribution in [-0.4, -0.2) is 29.5 Å². The standard InChI is InChI=1S/C23H31N3O3/c1-21-10-16-11-22(2,13-21)15-23(12-16,14-21)24-20(27)17-5-6-18(19(9-17)26(28)29)25-7-3-4-8-25/h5-6,9,16H,3-4,7-8,10-15H2,1-2H3,(H,24,27)/t16?,21-,22+,23?. The first-order valence-corrected chi connectivity index (χ1v) is 11.0. The molecule has 4 atom stereocenters. The normalized spacial score (nSPS) is 37.7. The maximum Gasteiger partial charge on any atom is 0.293 e. The van der Waals surface area contributed by atoms with Gasteiger partial charge in [0.2, 0.25) is 0 Å². The molecule has 1 aromatic carbocycles. The number of amides is 1. The molecule has 0 spiro atoms. The van der Waals surface area contributed by atoms with Crippen LogP contribution >= 0.6 is 0 Å². The fourth-order valence-electron chi connectivity index (χ4n) is 7.94. The highest BCUT2D eigenvalue weighted by Gasteiger charge is 2.60. The fraction of sp³-hybridized carbons (Fsp3) is 0.696. The van der Waals surface area contributed by atoms with Gasteiger partial charge in [0.1, 0.15) is 5.69 Å². The molecule has 5 aliphatic rings. The maximum absolute atomic E-state index is 13.2. The number of rotatable bonds is 4. The number of nitro benzene ring substituents is 1. The van der Waals surface area contributed by atoms with Crippen molar-refractivity contribution in [2.75, 3.05) is 18.0 Å². The molecular formula is C23H31N3O3. The van der Waals surface area contributed by atoms with Crippen molar-refractivity contribution in [1.29, 1.82) is 0 Å². The van der Waals surface area contributed by atoms with E-state index >= 15 is 0 Å². The Hall–Kier alpha value is -2.11. The molecular weight excluding hydrogens is 366 g/mol. The Bertz CT molecular complexity index is 858. The lowest BCUT2D eigenvalue weighted by Gasteiger charge is -2.65. The summed E-state index contributed by atoms with van der Waals surface area (Å²) in [5.74, 6) is 0.531. The number of nitrogens with zero attached hydrogens (tertiary/aromatic N) is 2. The summed E-state index contributed by atoms with van der Waals surface area (Å²) in [5, 5.41) is 15.1. The molecule has 0 radical (unpaired) electrons. The van der Waals surface area contributed by atoms with Crippen molar-refractivity contribution in [3.05, 3.63) is 33.9 Å². The summed E-state index contributed by atoms with van der Waals surface area (Å²) >= 11 is 0. The van der Waals surface area contributed by atoms with Crippen molar-refractivity contribution < 1.29 is 9.72 Å². The molecule has 4 aliphatic carbocycles. The van der Waals surface area contributed by atoms with Gasteiger partial charge in [-0.05, 0) is 80.2 Å². The fourth-order valence-corrected chi connectivity index (χ4v) is 7.94. The molecule has 6 rings (SSSR count). The predicted octanol–water partition coefficient (Wildman–Crippen LogP) is 4.67. The number of carbonyl (C=O) groups is 1. The third kappa shape index (κ3) is 3.21. The van der Waals surface area contributed by atoms with Crippen molar-refractivity contribution in [3.63, 3.8) is 0 Å². The van der Waals surface area contributed by atoms with Gasteiger partial charge in [0.25, 0.3) is 11.6 Å². The SMILES string of the molecule is C[C@]12CC3CC(NC(=O)c4ccc(N5CCCC5)c([N+](=O)[O-])c4)(C1)C[C@@](C)(C3)C2. The summed E-state index contributed by atoms with van der Waals surface area (Å²) in [4.78, 5) is 26.6. The van der Waals surface area contributed by atoms with Crippen LogP contribution in [0.1, 0.15) is 75.6 Å². The van der Waals surface area contributed by atoms with Gasteiger partial charge in [0.05, 0.1) is 4.92 Å². The van der Waals surface area contributed by atoms with Gasteiger partial charge < -0.3 is 10.2 Å². The van der Waals surface area contributed by atoms with Crippen LogP contribution in [0, 0.1) is 26.9 Å². The topological polar surface area (TPSA) is 75.5 Å². The minimum atomic E-state index is -0.350. The molecule has 1 saturated heterocycles. The van der Waals surface area contributed by atoms with E-state index in [2.05, 4.69) is 24.1 Å². The Morgan fingerprint density at radius 2 is 1.76 bits per heavy atom. The van der Waals surface area contributed by atoms with Crippen LogP contribution in [0.3, 0.4) is 0 Å². The molecule has 2 unspecified atom stereocenters. The van der Waals surface area contributed by atoms with Crippen LogP contribution < -0.4 is 10.2 Å². The van der Waals surface area contributed by atoms with E-state index in [1.807, 2.05) is 0 Å². The average molecular weight is 398 g/mol. The zero-order valence-corrected chi connectivity index (χ0v) is 17.5. The van der Waals surface area contributed by atoms with Crippen molar-refractivity contribution in [1.82, 2.24) is 5.32 Å². The molecule has 29 heavy (non-hydrogen) atoms. The van der Waals surface area contributed by atoms with Gasteiger partial charge in [0, 0.05) is 30.3 Å². The summed E-state index contributed by atoms with van der Waals surface area (Å²) in [6, 6.07) is 5.01. The van der Waals surface area contributed by atoms with Gasteiger partial charge in [0.15, 0.2) is 0 Å².